The zero-order valence-electron chi connectivity index (χ0n) is 6.25. The minimum absolute atomic E-state index is 0.368. The van der Waals surface area contributed by atoms with Crippen LogP contribution in [-0.4, -0.2) is 11.6 Å². The summed E-state index contributed by atoms with van der Waals surface area (Å²) in [5.74, 6) is 0. The van der Waals surface area contributed by atoms with Gasteiger partial charge in [0.15, 0.2) is 0 Å². The van der Waals surface area contributed by atoms with Crippen LogP contribution in [0.5, 0.6) is 0 Å². The van der Waals surface area contributed by atoms with Crippen LogP contribution in [0.3, 0.4) is 0 Å². The summed E-state index contributed by atoms with van der Waals surface area (Å²) < 4.78 is 0. The lowest BCUT2D eigenvalue weighted by Gasteiger charge is -2.06. The van der Waals surface area contributed by atoms with Gasteiger partial charge in [0.1, 0.15) is 0 Å². The van der Waals surface area contributed by atoms with Crippen LogP contribution in [0.1, 0.15) is 32.6 Å². The summed E-state index contributed by atoms with van der Waals surface area (Å²) in [5, 5.41) is 9.05. The highest BCUT2D eigenvalue weighted by Gasteiger charge is 1.83. The first-order valence-corrected chi connectivity index (χ1v) is 3.59. The highest BCUT2D eigenvalue weighted by molar-refractivity contribution is 4.59. The monoisotopic (exact) mass is 145 g/mol. The molecule has 0 bridgehead atoms. The Labute approximate surface area is 60.7 Å². The van der Waals surface area contributed by atoms with Crippen molar-refractivity contribution in [3.05, 3.63) is 15.5 Å². The minimum atomic E-state index is -0.619. The summed E-state index contributed by atoms with van der Waals surface area (Å²) in [6.45, 7) is 2.47. The van der Waals surface area contributed by atoms with Crippen LogP contribution in [0, 0.1) is 10.1 Å². The van der Waals surface area contributed by atoms with Gasteiger partial charge in [0.25, 0.3) is 0 Å². The Morgan fingerprint density at radius 3 is 2.60 bits per heavy atom. The molecule has 0 heterocycles. The van der Waals surface area contributed by atoms with Crippen molar-refractivity contribution in [1.82, 2.24) is 0 Å². The van der Waals surface area contributed by atoms with Gasteiger partial charge in [-0.15, -0.1) is 0 Å². The van der Waals surface area contributed by atoms with Crippen LogP contribution < -0.4 is 0 Å². The summed E-state index contributed by atoms with van der Waals surface area (Å²) in [6, 6.07) is 0. The lowest BCUT2D eigenvalue weighted by Crippen LogP contribution is -1.93. The van der Waals surface area contributed by atoms with E-state index in [9.17, 15) is 10.1 Å². The van der Waals surface area contributed by atoms with Crippen molar-refractivity contribution < 1.29 is 5.03 Å². The Hall–Kier alpha value is -0.800. The molecule has 0 aliphatic carbocycles. The molecule has 0 amide bonds. The van der Waals surface area contributed by atoms with E-state index in [-0.39, 0.29) is 0 Å². The lowest BCUT2D eigenvalue weighted by atomic mass is 10.2. The maximum Gasteiger partial charge on any atom is -0.0127 e. The number of nitrogens with zero attached hydrogens (tertiary/aromatic N) is 2. The standard InChI is InChI=1S/C6H13N2O2/c1-2-3-4-5-6-7-8(9)10/h2-6H2,1H3/q-1. The van der Waals surface area contributed by atoms with Crippen LogP contribution in [0.2, 0.25) is 0 Å². The third-order valence-corrected chi connectivity index (χ3v) is 1.23. The molecule has 0 aromatic carbocycles. The second kappa shape index (κ2) is 6.32. The van der Waals surface area contributed by atoms with E-state index in [1.54, 1.807) is 0 Å². The molecule has 0 spiro atoms. The molecular weight excluding hydrogens is 132 g/mol. The quantitative estimate of drug-likeness (QED) is 0.326. The summed E-state index contributed by atoms with van der Waals surface area (Å²) in [6.07, 6.45) is 4.19. The molecule has 0 radical (unpaired) electrons. The van der Waals surface area contributed by atoms with Crippen molar-refractivity contribution >= 4 is 0 Å². The van der Waals surface area contributed by atoms with Crippen LogP contribution in [0.4, 0.5) is 0 Å². The van der Waals surface area contributed by atoms with Crippen LogP contribution in [0.15, 0.2) is 0 Å². The van der Waals surface area contributed by atoms with Gasteiger partial charge in [0.05, 0.1) is 0 Å². The predicted octanol–water partition coefficient (Wildman–Crippen LogP) is 2.13. The molecule has 0 N–H and O–H groups in total. The van der Waals surface area contributed by atoms with E-state index in [4.69, 9.17) is 0 Å². The predicted molar refractivity (Wildman–Crippen MR) is 39.4 cm³/mol. The number of unbranched alkanes of at least 4 members (excludes halogenated alkanes) is 3. The Kier molecular flexibility index (Phi) is 5.82. The van der Waals surface area contributed by atoms with E-state index in [1.807, 2.05) is 0 Å². The summed E-state index contributed by atoms with van der Waals surface area (Å²) in [4.78, 5) is 9.67. The van der Waals surface area contributed by atoms with Gasteiger partial charge in [0, 0.05) is 0 Å². The van der Waals surface area contributed by atoms with E-state index < -0.39 is 5.03 Å². The Bertz CT molecular complexity index is 95.7. The molecule has 0 saturated carbocycles. The molecule has 0 atom stereocenters. The van der Waals surface area contributed by atoms with Gasteiger partial charge < -0.3 is 5.43 Å². The molecule has 0 aromatic heterocycles. The van der Waals surface area contributed by atoms with Crippen molar-refractivity contribution in [1.29, 1.82) is 0 Å². The molecule has 0 aromatic rings. The van der Waals surface area contributed by atoms with Crippen LogP contribution in [-0.2, 0) is 0 Å². The smallest absolute Gasteiger partial charge is 0.0127 e. The van der Waals surface area contributed by atoms with Crippen molar-refractivity contribution in [2.45, 2.75) is 32.6 Å². The van der Waals surface area contributed by atoms with Crippen molar-refractivity contribution in [2.24, 2.45) is 0 Å². The second-order valence-corrected chi connectivity index (χ2v) is 2.16. The van der Waals surface area contributed by atoms with E-state index in [0.29, 0.717) is 6.54 Å². The summed E-state index contributed by atoms with van der Waals surface area (Å²) >= 11 is 0. The molecule has 4 nitrogen and oxygen atoms in total. The van der Waals surface area contributed by atoms with E-state index in [0.717, 1.165) is 25.7 Å². The fraction of sp³-hybridized carbons (Fsp3) is 1.00. The van der Waals surface area contributed by atoms with E-state index in [2.05, 4.69) is 12.3 Å². The van der Waals surface area contributed by atoms with Crippen molar-refractivity contribution in [3.63, 3.8) is 0 Å². The van der Waals surface area contributed by atoms with Crippen molar-refractivity contribution in [2.75, 3.05) is 6.54 Å². The van der Waals surface area contributed by atoms with Crippen molar-refractivity contribution in [3.8, 4) is 0 Å². The van der Waals surface area contributed by atoms with E-state index >= 15 is 0 Å². The first kappa shape index (κ1) is 9.20. The zero-order chi connectivity index (χ0) is 7.82. The number of hydrogen-bond acceptors (Lipinski definition) is 2. The Morgan fingerprint density at radius 1 is 1.40 bits per heavy atom. The topological polar surface area (TPSA) is 57.2 Å². The second-order valence-electron chi connectivity index (χ2n) is 2.16. The van der Waals surface area contributed by atoms with Crippen LogP contribution in [0.25, 0.3) is 5.43 Å². The Balaban J connectivity index is 2.84. The maximum absolute atomic E-state index is 9.67. The molecule has 4 heteroatoms. The van der Waals surface area contributed by atoms with E-state index in [1.165, 1.54) is 0 Å². The average molecular weight is 145 g/mol. The third-order valence-electron chi connectivity index (χ3n) is 1.23. The molecule has 0 rings (SSSR count). The average Bonchev–Trinajstić information content (AvgIpc) is 1.87. The normalized spacial score (nSPS) is 9.30. The number of hydrogen-bond donors (Lipinski definition) is 0. The van der Waals surface area contributed by atoms with Gasteiger partial charge in [-0.1, -0.05) is 39.2 Å². The molecular formula is C6H13N2O2-. The highest BCUT2D eigenvalue weighted by Crippen LogP contribution is 2.00. The summed E-state index contributed by atoms with van der Waals surface area (Å²) in [5.41, 5.74) is 3.12. The minimum Gasteiger partial charge on any atom is -0.379 e. The van der Waals surface area contributed by atoms with Gasteiger partial charge >= 0.3 is 0 Å². The fourth-order valence-corrected chi connectivity index (χ4v) is 0.691. The largest absolute Gasteiger partial charge is 0.379 e. The van der Waals surface area contributed by atoms with Gasteiger partial charge in [-0.3, -0.25) is 10.1 Å². The molecule has 0 unspecified atom stereocenters. The first-order chi connectivity index (χ1) is 4.77. The third kappa shape index (κ3) is 7.20. The zero-order valence-corrected chi connectivity index (χ0v) is 6.25. The molecule has 0 fully saturated rings. The van der Waals surface area contributed by atoms with Gasteiger partial charge in [-0.25, -0.2) is 0 Å². The fourth-order valence-electron chi connectivity index (χ4n) is 0.691. The van der Waals surface area contributed by atoms with Gasteiger partial charge in [0.2, 0.25) is 0 Å². The Morgan fingerprint density at radius 2 is 2.10 bits per heavy atom. The lowest BCUT2D eigenvalue weighted by molar-refractivity contribution is -0.426. The molecule has 10 heavy (non-hydrogen) atoms. The molecule has 60 valence electrons. The molecule has 0 aliphatic rings. The molecule has 0 aliphatic heterocycles. The first-order valence-electron chi connectivity index (χ1n) is 3.59. The molecule has 0 saturated heterocycles. The van der Waals surface area contributed by atoms with Crippen LogP contribution >= 0.6 is 0 Å². The maximum atomic E-state index is 9.67. The van der Waals surface area contributed by atoms with Gasteiger partial charge in [-0.2, -0.15) is 0 Å². The number of rotatable bonds is 6. The number of nitro groups is 1. The summed E-state index contributed by atoms with van der Waals surface area (Å²) in [7, 11) is 0. The highest BCUT2D eigenvalue weighted by atomic mass is 16.7. The SMILES string of the molecule is CCCCCC[N-][N+](=O)[O-]. The van der Waals surface area contributed by atoms with Gasteiger partial charge in [-0.05, 0) is 5.03 Å².